The van der Waals surface area contributed by atoms with Crippen molar-refractivity contribution in [1.82, 2.24) is 4.98 Å². The molecule has 8 nitrogen and oxygen atoms in total. The van der Waals surface area contributed by atoms with Crippen LogP contribution in [0.3, 0.4) is 0 Å². The summed E-state index contributed by atoms with van der Waals surface area (Å²) in [5.74, 6) is -0.760. The molecule has 1 amide bonds. The molecule has 0 radical (unpaired) electrons. The first-order chi connectivity index (χ1) is 17.8. The van der Waals surface area contributed by atoms with E-state index in [0.717, 1.165) is 10.3 Å². The first-order valence-corrected chi connectivity index (χ1v) is 13.1. The van der Waals surface area contributed by atoms with E-state index in [1.807, 2.05) is 30.5 Å². The van der Waals surface area contributed by atoms with Gasteiger partial charge in [0, 0.05) is 10.9 Å². The Morgan fingerprint density at radius 1 is 1.05 bits per heavy atom. The molecule has 2 aromatic heterocycles. The number of ketones is 1. The number of aryl methyl sites for hydroxylation is 1. The molecule has 2 aromatic carbocycles. The van der Waals surface area contributed by atoms with Crippen LogP contribution < -0.4 is 19.1 Å². The maximum Gasteiger partial charge on any atom is 0.301 e. The molecule has 1 N–H and O–H groups in total. The fourth-order valence-corrected chi connectivity index (χ4v) is 6.37. The Labute approximate surface area is 225 Å². The summed E-state index contributed by atoms with van der Waals surface area (Å²) >= 11 is 8.95. The van der Waals surface area contributed by atoms with Crippen LogP contribution in [0.15, 0.2) is 47.4 Å². The number of carbonyl (C=O) groups excluding carboxylic acids is 2. The van der Waals surface area contributed by atoms with E-state index in [-0.39, 0.29) is 21.9 Å². The Morgan fingerprint density at radius 3 is 2.43 bits per heavy atom. The zero-order valence-corrected chi connectivity index (χ0v) is 22.6. The number of nitrogens with zero attached hydrogens (tertiary/aromatic N) is 2. The third-order valence-electron chi connectivity index (χ3n) is 6.09. The Bertz CT molecular complexity index is 1580. The molecular formula is C26H21ClN2O6S2. The predicted octanol–water partition coefficient (Wildman–Crippen LogP) is 5.97. The van der Waals surface area contributed by atoms with Gasteiger partial charge in [-0.3, -0.25) is 14.5 Å². The van der Waals surface area contributed by atoms with E-state index in [9.17, 15) is 14.7 Å². The number of rotatable bonds is 6. The highest BCUT2D eigenvalue weighted by molar-refractivity contribution is 7.22. The van der Waals surface area contributed by atoms with E-state index in [0.29, 0.717) is 27.0 Å². The number of aliphatic hydroxyl groups excluding tert-OH is 1. The lowest BCUT2D eigenvalue weighted by Crippen LogP contribution is -2.28. The van der Waals surface area contributed by atoms with Crippen LogP contribution in [0.5, 0.6) is 17.2 Å². The molecule has 190 valence electrons. The summed E-state index contributed by atoms with van der Waals surface area (Å²) in [6, 6.07) is 9.41. The van der Waals surface area contributed by atoms with Gasteiger partial charge in [-0.05, 0) is 42.1 Å². The number of benzene rings is 2. The average Bonchev–Trinajstić information content (AvgIpc) is 3.61. The van der Waals surface area contributed by atoms with Crippen molar-refractivity contribution in [2.75, 3.05) is 26.2 Å². The molecule has 1 unspecified atom stereocenters. The Balaban J connectivity index is 1.72. The zero-order chi connectivity index (χ0) is 26.4. The largest absolute Gasteiger partial charge is 0.507 e. The molecule has 1 aliphatic rings. The normalized spacial score (nSPS) is 17.0. The molecule has 0 spiro atoms. The van der Waals surface area contributed by atoms with Gasteiger partial charge in [-0.25, -0.2) is 4.98 Å². The third-order valence-corrected chi connectivity index (χ3v) is 8.32. The van der Waals surface area contributed by atoms with Crippen LogP contribution in [0.4, 0.5) is 5.13 Å². The Morgan fingerprint density at radius 2 is 1.78 bits per heavy atom. The van der Waals surface area contributed by atoms with Gasteiger partial charge in [0.15, 0.2) is 5.13 Å². The zero-order valence-electron chi connectivity index (χ0n) is 20.2. The molecule has 0 bridgehead atoms. The first kappa shape index (κ1) is 25.1. The number of anilines is 1. The summed E-state index contributed by atoms with van der Waals surface area (Å²) in [4.78, 5) is 33.6. The molecular weight excluding hydrogens is 536 g/mol. The van der Waals surface area contributed by atoms with Crippen molar-refractivity contribution in [3.8, 4) is 17.2 Å². The number of Topliss-reactive ketones (excluding diaryl/α,β-unsaturated/α-hetero) is 1. The fourth-order valence-electron chi connectivity index (χ4n) is 4.31. The molecule has 1 aliphatic heterocycles. The smallest absolute Gasteiger partial charge is 0.301 e. The molecule has 1 fully saturated rings. The molecule has 1 atom stereocenters. The lowest BCUT2D eigenvalue weighted by molar-refractivity contribution is -0.132. The van der Waals surface area contributed by atoms with Crippen LogP contribution in [0, 0.1) is 6.92 Å². The van der Waals surface area contributed by atoms with E-state index >= 15 is 0 Å². The van der Waals surface area contributed by atoms with Gasteiger partial charge in [0.2, 0.25) is 0 Å². The summed E-state index contributed by atoms with van der Waals surface area (Å²) in [6.07, 6.45) is 0. The monoisotopic (exact) mass is 556 g/mol. The number of thiophene rings is 1. The Hall–Kier alpha value is -3.60. The fraction of sp³-hybridized carbons (Fsp3) is 0.192. The molecule has 4 aromatic rings. The maximum absolute atomic E-state index is 13.4. The highest BCUT2D eigenvalue weighted by Gasteiger charge is 2.49. The quantitative estimate of drug-likeness (QED) is 0.177. The molecule has 1 saturated heterocycles. The number of hydrogen-bond donors (Lipinski definition) is 1. The van der Waals surface area contributed by atoms with Crippen molar-refractivity contribution in [3.63, 3.8) is 0 Å². The molecule has 5 rings (SSSR count). The lowest BCUT2D eigenvalue weighted by atomic mass is 9.99. The van der Waals surface area contributed by atoms with Gasteiger partial charge in [0.05, 0.1) is 47.7 Å². The molecule has 3 heterocycles. The van der Waals surface area contributed by atoms with Gasteiger partial charge < -0.3 is 19.3 Å². The summed E-state index contributed by atoms with van der Waals surface area (Å²) in [7, 11) is 4.47. The van der Waals surface area contributed by atoms with E-state index in [2.05, 4.69) is 4.98 Å². The van der Waals surface area contributed by atoms with Crippen molar-refractivity contribution in [2.24, 2.45) is 0 Å². The van der Waals surface area contributed by atoms with E-state index in [4.69, 9.17) is 25.8 Å². The van der Waals surface area contributed by atoms with Crippen LogP contribution in [0.2, 0.25) is 5.02 Å². The molecule has 0 saturated carbocycles. The second-order valence-electron chi connectivity index (χ2n) is 8.16. The van der Waals surface area contributed by atoms with Gasteiger partial charge in [-0.2, -0.15) is 0 Å². The number of ether oxygens (including phenoxy) is 3. The number of methoxy groups -OCH3 is 3. The highest BCUT2D eigenvalue weighted by Crippen LogP contribution is 2.47. The molecule has 37 heavy (non-hydrogen) atoms. The minimum absolute atomic E-state index is 0.0833. The highest BCUT2D eigenvalue weighted by atomic mass is 35.5. The van der Waals surface area contributed by atoms with Crippen molar-refractivity contribution in [2.45, 2.75) is 13.0 Å². The second-order valence-corrected chi connectivity index (χ2v) is 10.6. The number of hydrogen-bond acceptors (Lipinski definition) is 9. The van der Waals surface area contributed by atoms with E-state index in [1.165, 1.54) is 53.9 Å². The SMILES string of the molecule is COc1cc2sc(N3C(=O)C(=O)/C(=C(/O)c4cc(Cl)c(OC)cc4OC)C3c3cccs3)nc2cc1C. The average molecular weight is 557 g/mol. The molecule has 0 aliphatic carbocycles. The Kier molecular flexibility index (Phi) is 6.57. The number of aliphatic hydroxyl groups is 1. The van der Waals surface area contributed by atoms with Gasteiger partial charge in [0.25, 0.3) is 5.78 Å². The summed E-state index contributed by atoms with van der Waals surface area (Å²) in [5.41, 5.74) is 1.65. The second kappa shape index (κ2) is 9.70. The van der Waals surface area contributed by atoms with Crippen LogP contribution in [-0.4, -0.2) is 43.1 Å². The molecule has 11 heteroatoms. The van der Waals surface area contributed by atoms with Crippen molar-refractivity contribution in [3.05, 3.63) is 68.4 Å². The minimum atomic E-state index is -0.894. The third kappa shape index (κ3) is 4.11. The van der Waals surface area contributed by atoms with Crippen LogP contribution in [0.25, 0.3) is 16.0 Å². The van der Waals surface area contributed by atoms with Crippen LogP contribution in [-0.2, 0) is 9.59 Å². The number of amides is 1. The first-order valence-electron chi connectivity index (χ1n) is 11.0. The number of halogens is 1. The van der Waals surface area contributed by atoms with Gasteiger partial charge >= 0.3 is 5.91 Å². The van der Waals surface area contributed by atoms with Gasteiger partial charge in [-0.1, -0.05) is 29.0 Å². The van der Waals surface area contributed by atoms with E-state index < -0.39 is 23.5 Å². The maximum atomic E-state index is 13.4. The number of aromatic nitrogens is 1. The van der Waals surface area contributed by atoms with Crippen molar-refractivity contribution < 1.29 is 28.9 Å². The van der Waals surface area contributed by atoms with E-state index in [1.54, 1.807) is 13.2 Å². The topological polar surface area (TPSA) is 98.2 Å². The summed E-state index contributed by atoms with van der Waals surface area (Å²) in [6.45, 7) is 1.91. The van der Waals surface area contributed by atoms with Crippen molar-refractivity contribution in [1.29, 1.82) is 0 Å². The number of thiazole rings is 1. The van der Waals surface area contributed by atoms with Gasteiger partial charge in [-0.15, -0.1) is 11.3 Å². The lowest BCUT2D eigenvalue weighted by Gasteiger charge is -2.21. The van der Waals surface area contributed by atoms with Crippen LogP contribution >= 0.6 is 34.3 Å². The number of fused-ring (bicyclic) bond motifs is 1. The van der Waals surface area contributed by atoms with Crippen molar-refractivity contribution >= 4 is 67.1 Å². The summed E-state index contributed by atoms with van der Waals surface area (Å²) < 4.78 is 16.9. The predicted molar refractivity (Wildman–Crippen MR) is 145 cm³/mol. The summed E-state index contributed by atoms with van der Waals surface area (Å²) in [5, 5.41) is 13.8. The van der Waals surface area contributed by atoms with Crippen LogP contribution in [0.1, 0.15) is 22.0 Å². The number of carbonyl (C=O) groups is 2. The minimum Gasteiger partial charge on any atom is -0.507 e. The van der Waals surface area contributed by atoms with Gasteiger partial charge in [0.1, 0.15) is 29.0 Å². The standard InChI is InChI=1S/C26H21ClN2O6S2/c1-12-8-15-20(11-16(12)33-2)37-26(28-15)29-22(19-6-5-7-36-19)21(24(31)25(29)32)23(30)13-9-14(27)18(35-4)10-17(13)34-3/h5-11,22,30H,1-4H3/b23-21+.